The van der Waals surface area contributed by atoms with Crippen LogP contribution < -0.4 is 10.6 Å². The fraction of sp³-hybridized carbons (Fsp3) is 0.375. The van der Waals surface area contributed by atoms with Gasteiger partial charge < -0.3 is 39.9 Å². The fourth-order valence-electron chi connectivity index (χ4n) is 10.4. The second-order valence-corrected chi connectivity index (χ2v) is 17.6. The highest BCUT2D eigenvalue weighted by Crippen LogP contribution is 2.54. The number of aromatic nitrogens is 4. The summed E-state index contributed by atoms with van der Waals surface area (Å²) in [5.74, 6) is 1.84. The Morgan fingerprint density at radius 2 is 1.48 bits per heavy atom. The molecule has 0 unspecified atom stereocenters. The van der Waals surface area contributed by atoms with E-state index in [0.717, 1.165) is 87.9 Å². The van der Waals surface area contributed by atoms with E-state index >= 15 is 0 Å². The zero-order chi connectivity index (χ0) is 42.8. The molecule has 2 saturated heterocycles. The molecule has 0 spiro atoms. The van der Waals surface area contributed by atoms with Gasteiger partial charge in [0, 0.05) is 17.5 Å². The average molecular weight is 835 g/mol. The number of carbonyl (C=O) groups is 4. The van der Waals surface area contributed by atoms with Crippen molar-refractivity contribution in [2.45, 2.75) is 82.2 Å². The molecule has 8 atom stereocenters. The number of rotatable bonds is 10. The number of hydrogen-bond donors (Lipinski definition) is 4. The number of fused-ring (bicyclic) bond motifs is 6. The number of piperidine rings is 2. The van der Waals surface area contributed by atoms with Crippen LogP contribution in [0.3, 0.4) is 0 Å². The molecule has 318 valence electrons. The highest BCUT2D eigenvalue weighted by Gasteiger charge is 2.56. The second kappa shape index (κ2) is 15.6. The quantitative estimate of drug-likeness (QED) is 0.108. The van der Waals surface area contributed by atoms with E-state index in [1.54, 1.807) is 0 Å². The van der Waals surface area contributed by atoms with Gasteiger partial charge in [-0.2, -0.15) is 0 Å². The average Bonchev–Trinajstić information content (AvgIpc) is 3.92. The Bertz CT molecular complexity index is 2690. The Balaban J connectivity index is 0.872. The van der Waals surface area contributed by atoms with Crippen molar-refractivity contribution in [3.63, 3.8) is 0 Å². The molecule has 2 bridgehead atoms. The van der Waals surface area contributed by atoms with Crippen LogP contribution in [-0.4, -0.2) is 86.1 Å². The Hall–Kier alpha value is -6.70. The number of likely N-dealkylation sites (tertiary alicyclic amines) is 2. The SMILES string of the molecule is COC(=O)N[C@H](C(=O)N1[C@@H]2CC[C@@H](C2)[C@H]1c1nc2ccc3cc(-c4ccc(-c5cnc([C@@H]6C[C@H]7C[C@H]7N6C(=O)[C@H](NC(=O)OC)c6ccccc6)[nH]5)cc4)ccc3c2[nH]1)C(C)C. The molecule has 2 aliphatic heterocycles. The minimum Gasteiger partial charge on any atom is -0.453 e. The second-order valence-electron chi connectivity index (χ2n) is 17.6. The van der Waals surface area contributed by atoms with Crippen molar-refractivity contribution in [1.29, 1.82) is 0 Å². The number of benzene rings is 4. The third-order valence-corrected chi connectivity index (χ3v) is 13.6. The molecule has 62 heavy (non-hydrogen) atoms. The number of methoxy groups -OCH3 is 2. The van der Waals surface area contributed by atoms with Crippen LogP contribution in [0.15, 0.2) is 91.1 Å². The molecular weight excluding hydrogens is 785 g/mol. The maximum Gasteiger partial charge on any atom is 0.407 e. The van der Waals surface area contributed by atoms with Crippen LogP contribution in [0.2, 0.25) is 0 Å². The van der Waals surface area contributed by atoms with Crippen LogP contribution in [0.5, 0.6) is 0 Å². The number of hydrogen-bond acceptors (Lipinski definition) is 8. The lowest BCUT2D eigenvalue weighted by atomic mass is 9.95. The number of carbonyl (C=O) groups excluding carboxylic acids is 4. The van der Waals surface area contributed by atoms with Gasteiger partial charge in [-0.3, -0.25) is 9.59 Å². The molecule has 14 heteroatoms. The van der Waals surface area contributed by atoms with E-state index in [1.807, 2.05) is 66.2 Å². The van der Waals surface area contributed by atoms with Crippen molar-refractivity contribution in [2.24, 2.45) is 17.8 Å². The van der Waals surface area contributed by atoms with Gasteiger partial charge in [-0.25, -0.2) is 19.6 Å². The molecular formula is C48H50N8O6. The van der Waals surface area contributed by atoms with E-state index < -0.39 is 24.3 Å². The Labute approximate surface area is 358 Å². The van der Waals surface area contributed by atoms with E-state index in [1.165, 1.54) is 14.2 Å². The van der Waals surface area contributed by atoms with Crippen molar-refractivity contribution < 1.29 is 28.7 Å². The summed E-state index contributed by atoms with van der Waals surface area (Å²) < 4.78 is 9.73. The van der Waals surface area contributed by atoms with Crippen molar-refractivity contribution >= 4 is 45.8 Å². The van der Waals surface area contributed by atoms with Gasteiger partial charge in [-0.1, -0.05) is 86.6 Å². The van der Waals surface area contributed by atoms with Crippen molar-refractivity contribution in [1.82, 2.24) is 40.4 Å². The van der Waals surface area contributed by atoms with Gasteiger partial charge in [0.15, 0.2) is 0 Å². The minimum absolute atomic E-state index is 0.0936. The summed E-state index contributed by atoms with van der Waals surface area (Å²) in [5.41, 5.74) is 6.46. The van der Waals surface area contributed by atoms with Gasteiger partial charge in [0.2, 0.25) is 5.91 Å². The number of aromatic amines is 2. The van der Waals surface area contributed by atoms with Crippen LogP contribution in [-0.2, 0) is 19.1 Å². The van der Waals surface area contributed by atoms with E-state index in [2.05, 4.69) is 69.1 Å². The molecule has 4 N–H and O–H groups in total. The van der Waals surface area contributed by atoms with Gasteiger partial charge >= 0.3 is 12.2 Å². The third-order valence-electron chi connectivity index (χ3n) is 13.6. The van der Waals surface area contributed by atoms with E-state index in [4.69, 9.17) is 19.4 Å². The van der Waals surface area contributed by atoms with Crippen molar-refractivity contribution in [3.05, 3.63) is 108 Å². The molecule has 14 nitrogen and oxygen atoms in total. The van der Waals surface area contributed by atoms with Crippen molar-refractivity contribution in [3.8, 4) is 22.4 Å². The van der Waals surface area contributed by atoms with E-state index in [9.17, 15) is 19.2 Å². The molecule has 4 heterocycles. The molecule has 2 saturated carbocycles. The van der Waals surface area contributed by atoms with E-state index in [-0.39, 0.29) is 41.9 Å². The summed E-state index contributed by atoms with van der Waals surface area (Å²) in [6.45, 7) is 3.87. The number of ether oxygens (including phenoxy) is 2. The molecule has 4 aliphatic rings. The van der Waals surface area contributed by atoms with Crippen LogP contribution in [0.25, 0.3) is 44.2 Å². The molecule has 4 amide bonds. The Morgan fingerprint density at radius 1 is 0.742 bits per heavy atom. The van der Waals surface area contributed by atoms with Gasteiger partial charge in [-0.15, -0.1) is 0 Å². The summed E-state index contributed by atoms with van der Waals surface area (Å²) in [7, 11) is 2.60. The molecule has 6 aromatic rings. The standard InChI is InChI=1S/C48H50N8O6/c1-25(2)39(53-47(59)61-3)45(57)55-33-17-14-31(21-33)42(55)44-50-35-19-16-30-20-29(15-18-34(30)41(35)52-44)26-10-12-27(13-11-26)36-24-49-43(51-36)38-23-32-22-37(32)56(38)46(58)40(54-48(60)62-4)28-8-6-5-7-9-28/h5-13,15-16,18-20,24-25,31-33,37-40,42H,14,17,21-23H2,1-4H3,(H,49,51)(H,50,52)(H,53,59)(H,54,60)/t31-,32+,33+,37+,38-,39-,40+,42-/m0/s1. The summed E-state index contributed by atoms with van der Waals surface area (Å²) in [4.78, 5) is 73.7. The zero-order valence-corrected chi connectivity index (χ0v) is 35.1. The minimum atomic E-state index is -0.873. The lowest BCUT2D eigenvalue weighted by Crippen LogP contribution is -2.54. The van der Waals surface area contributed by atoms with E-state index in [0.29, 0.717) is 17.4 Å². The highest BCUT2D eigenvalue weighted by atomic mass is 16.5. The number of H-pyrrole nitrogens is 2. The summed E-state index contributed by atoms with van der Waals surface area (Å²) >= 11 is 0. The highest BCUT2D eigenvalue weighted by molar-refractivity contribution is 6.05. The Kier molecular flexibility index (Phi) is 9.95. The first-order chi connectivity index (χ1) is 30.1. The van der Waals surface area contributed by atoms with Crippen LogP contribution in [0, 0.1) is 17.8 Å². The Morgan fingerprint density at radius 3 is 2.24 bits per heavy atom. The predicted molar refractivity (Wildman–Crippen MR) is 232 cm³/mol. The summed E-state index contributed by atoms with van der Waals surface area (Å²) in [6, 6.07) is 26.4. The number of nitrogens with zero attached hydrogens (tertiary/aromatic N) is 4. The van der Waals surface area contributed by atoms with Gasteiger partial charge in [0.25, 0.3) is 5.91 Å². The first kappa shape index (κ1) is 39.4. The molecule has 4 fully saturated rings. The molecule has 4 aromatic carbocycles. The number of imidazole rings is 2. The summed E-state index contributed by atoms with van der Waals surface area (Å²) in [5, 5.41) is 7.65. The smallest absolute Gasteiger partial charge is 0.407 e. The predicted octanol–water partition coefficient (Wildman–Crippen LogP) is 7.97. The zero-order valence-electron chi connectivity index (χ0n) is 35.1. The fourth-order valence-corrected chi connectivity index (χ4v) is 10.4. The lowest BCUT2D eigenvalue weighted by Gasteiger charge is -2.37. The van der Waals surface area contributed by atoms with Crippen LogP contribution in [0.4, 0.5) is 9.59 Å². The number of amides is 4. The van der Waals surface area contributed by atoms with Gasteiger partial charge in [0.05, 0.1) is 49.2 Å². The molecule has 2 aromatic heterocycles. The third kappa shape index (κ3) is 6.91. The van der Waals surface area contributed by atoms with Crippen molar-refractivity contribution in [2.75, 3.05) is 14.2 Å². The lowest BCUT2D eigenvalue weighted by molar-refractivity contribution is -0.139. The maximum absolute atomic E-state index is 14.2. The largest absolute Gasteiger partial charge is 0.453 e. The molecule has 0 radical (unpaired) electrons. The topological polar surface area (TPSA) is 175 Å². The van der Waals surface area contributed by atoms with Gasteiger partial charge in [0.1, 0.15) is 23.7 Å². The van der Waals surface area contributed by atoms with Crippen LogP contribution >= 0.6 is 0 Å². The summed E-state index contributed by atoms with van der Waals surface area (Å²) in [6.07, 6.45) is 5.22. The molecule has 2 aliphatic carbocycles. The first-order valence-corrected chi connectivity index (χ1v) is 21.6. The monoisotopic (exact) mass is 834 g/mol. The number of nitrogens with one attached hydrogen (secondary N) is 4. The normalized spacial score (nSPS) is 23.4. The van der Waals surface area contributed by atoms with Crippen LogP contribution in [0.1, 0.15) is 81.3 Å². The number of alkyl carbamates (subject to hydrolysis) is 2. The molecule has 10 rings (SSSR count). The maximum atomic E-state index is 14.2. The first-order valence-electron chi connectivity index (χ1n) is 21.6. The van der Waals surface area contributed by atoms with Gasteiger partial charge in [-0.05, 0) is 89.6 Å².